The number of halogens is 1. The first-order chi connectivity index (χ1) is 14.9. The first kappa shape index (κ1) is 22.2. The molecule has 2 aromatic carbocycles. The Morgan fingerprint density at radius 1 is 1.03 bits per heavy atom. The molecule has 0 spiro atoms. The molecular formula is C24H28ClN2O3S+. The average molecular weight is 460 g/mol. The predicted octanol–water partition coefficient (Wildman–Crippen LogP) is 4.39. The van der Waals surface area contributed by atoms with Gasteiger partial charge in [0.2, 0.25) is 11.4 Å². The molecule has 2 bridgehead atoms. The van der Waals surface area contributed by atoms with E-state index in [0.717, 1.165) is 42.7 Å². The van der Waals surface area contributed by atoms with Gasteiger partial charge in [0.05, 0.1) is 17.7 Å². The molecule has 3 aliphatic rings. The number of quaternary nitrogens is 1. The number of hydrogen-bond acceptors (Lipinski definition) is 3. The van der Waals surface area contributed by atoms with Crippen LogP contribution in [0.2, 0.25) is 5.02 Å². The highest BCUT2D eigenvalue weighted by molar-refractivity contribution is 7.86. The fraction of sp³-hybridized carbons (Fsp3) is 0.417. The summed E-state index contributed by atoms with van der Waals surface area (Å²) in [4.78, 5) is 25.5. The highest BCUT2D eigenvalue weighted by Gasteiger charge is 2.84. The van der Waals surface area contributed by atoms with E-state index in [-0.39, 0.29) is 21.8 Å². The lowest BCUT2D eigenvalue weighted by atomic mass is 9.94. The van der Waals surface area contributed by atoms with Crippen molar-refractivity contribution in [2.45, 2.75) is 62.3 Å². The third-order valence-corrected chi connectivity index (χ3v) is 8.37. The van der Waals surface area contributed by atoms with E-state index < -0.39 is 16.8 Å². The first-order valence-corrected chi connectivity index (χ1v) is 12.4. The number of carbonyl (C=O) groups is 2. The number of benzene rings is 2. The van der Waals surface area contributed by atoms with Gasteiger partial charge < -0.3 is 0 Å². The van der Waals surface area contributed by atoms with Gasteiger partial charge in [0.1, 0.15) is 6.54 Å². The zero-order valence-electron chi connectivity index (χ0n) is 17.9. The molecule has 0 unspecified atom stereocenters. The largest absolute Gasteiger partial charge is 0.335 e. The van der Waals surface area contributed by atoms with Crippen LogP contribution < -0.4 is 0 Å². The van der Waals surface area contributed by atoms with Crippen LogP contribution in [-0.4, -0.2) is 43.6 Å². The Bertz CT molecular complexity index is 992. The SMILES string of the molecule is CC(=O)[N@+]1(CCCCCCc2ccc(Cl)cc2)[C@H]2C(=O)N1[C@H]2[S@](=O)c1ccc(C)cc1. The number of carbonyl (C=O) groups excluding carboxylic acids is 2. The van der Waals surface area contributed by atoms with Gasteiger partial charge >= 0.3 is 11.8 Å². The Balaban J connectivity index is 1.29. The van der Waals surface area contributed by atoms with Crippen molar-refractivity contribution in [1.82, 2.24) is 5.01 Å². The molecular weight excluding hydrogens is 432 g/mol. The number of hydrogen-bond donors (Lipinski definition) is 0. The molecule has 5 nitrogen and oxygen atoms in total. The van der Waals surface area contributed by atoms with Gasteiger partial charge in [-0.2, -0.15) is 5.01 Å². The van der Waals surface area contributed by atoms with Crippen LogP contribution in [0.3, 0.4) is 0 Å². The van der Waals surface area contributed by atoms with E-state index >= 15 is 0 Å². The van der Waals surface area contributed by atoms with Crippen molar-refractivity contribution in [3.63, 3.8) is 0 Å². The van der Waals surface area contributed by atoms with Crippen LogP contribution in [0, 0.1) is 6.92 Å². The minimum absolute atomic E-state index is 0.0390. The number of nitrogens with zero attached hydrogens (tertiary/aromatic N) is 2. The Morgan fingerprint density at radius 3 is 2.23 bits per heavy atom. The van der Waals surface area contributed by atoms with Gasteiger partial charge in [0.15, 0.2) is 0 Å². The van der Waals surface area contributed by atoms with Crippen LogP contribution in [0.4, 0.5) is 0 Å². The molecule has 0 N–H and O–H groups in total. The van der Waals surface area contributed by atoms with Crippen molar-refractivity contribution in [3.8, 4) is 0 Å². The molecule has 3 saturated heterocycles. The van der Waals surface area contributed by atoms with E-state index in [4.69, 9.17) is 11.6 Å². The van der Waals surface area contributed by atoms with Crippen LogP contribution in [0.1, 0.15) is 43.7 Å². The number of unbranched alkanes of at least 4 members (excludes halogenated alkanes) is 3. The van der Waals surface area contributed by atoms with E-state index in [2.05, 4.69) is 12.1 Å². The minimum atomic E-state index is -1.32. The quantitative estimate of drug-likeness (QED) is 0.317. The van der Waals surface area contributed by atoms with Crippen molar-refractivity contribution in [3.05, 3.63) is 64.7 Å². The average Bonchev–Trinajstić information content (AvgIpc) is 2.72. The Morgan fingerprint density at radius 2 is 1.65 bits per heavy atom. The molecule has 3 heterocycles. The summed E-state index contributed by atoms with van der Waals surface area (Å²) >= 11 is 5.92. The van der Waals surface area contributed by atoms with Crippen molar-refractivity contribution in [1.29, 1.82) is 0 Å². The zero-order valence-corrected chi connectivity index (χ0v) is 19.5. The minimum Gasteiger partial charge on any atom is -0.262 e. The summed E-state index contributed by atoms with van der Waals surface area (Å²) in [5.74, 6) is -0.0914. The Hall–Kier alpha value is -2.02. The lowest BCUT2D eigenvalue weighted by molar-refractivity contribution is -1.05. The Kier molecular flexibility index (Phi) is 6.33. The molecule has 0 aromatic heterocycles. The summed E-state index contributed by atoms with van der Waals surface area (Å²) in [6.45, 7) is 4.12. The molecule has 2 aromatic rings. The highest BCUT2D eigenvalue weighted by atomic mass is 35.5. The van der Waals surface area contributed by atoms with E-state index in [9.17, 15) is 13.8 Å². The standard InChI is InChI=1S/C24H28ClN2O3S/c1-17-8-14-21(15-9-17)31(30)24-22-23(29)26(24)27(22,18(2)28)16-6-4-3-5-7-19-10-12-20(25)13-11-19/h8-15,22,24H,3-7,16H2,1-2H3/q+1/t22-,24-,27+,31+/m0/s1. The smallest absolute Gasteiger partial charge is 0.262 e. The number of amides is 2. The second-order valence-corrected chi connectivity index (χ2v) is 10.5. The van der Waals surface area contributed by atoms with Crippen molar-refractivity contribution < 1.29 is 18.4 Å². The maximum absolute atomic E-state index is 13.0. The molecule has 3 aliphatic heterocycles. The molecule has 0 radical (unpaired) electrons. The van der Waals surface area contributed by atoms with Gasteiger partial charge in [-0.25, -0.2) is 4.79 Å². The van der Waals surface area contributed by atoms with Gasteiger partial charge in [-0.15, -0.1) is 4.59 Å². The van der Waals surface area contributed by atoms with Crippen LogP contribution in [0.25, 0.3) is 0 Å². The van der Waals surface area contributed by atoms with E-state index in [0.29, 0.717) is 11.4 Å². The molecule has 5 rings (SSSR count). The number of rotatable bonds is 9. The second kappa shape index (κ2) is 8.85. The molecule has 0 aliphatic carbocycles. The molecule has 164 valence electrons. The fourth-order valence-electron chi connectivity index (χ4n) is 4.67. The lowest BCUT2D eigenvalue weighted by Crippen LogP contribution is -3.00. The summed E-state index contributed by atoms with van der Waals surface area (Å²) in [6.07, 6.45) is 5.02. The maximum Gasteiger partial charge on any atom is 0.335 e. The molecule has 3 fully saturated rings. The normalized spacial score (nSPS) is 25.0. The maximum atomic E-state index is 13.0. The molecule has 0 saturated carbocycles. The summed E-state index contributed by atoms with van der Waals surface area (Å²) in [6, 6.07) is 15.0. The van der Waals surface area contributed by atoms with Gasteiger partial charge in [-0.3, -0.25) is 9.00 Å². The highest BCUT2D eigenvalue weighted by Crippen LogP contribution is 2.51. The molecule has 4 atom stereocenters. The van der Waals surface area contributed by atoms with E-state index in [1.807, 2.05) is 43.3 Å². The number of β-lactam (4-membered cyclic amide) rings is 1. The monoisotopic (exact) mass is 459 g/mol. The van der Waals surface area contributed by atoms with E-state index in [1.54, 1.807) is 5.01 Å². The van der Waals surface area contributed by atoms with Crippen molar-refractivity contribution >= 4 is 34.2 Å². The summed E-state index contributed by atoms with van der Waals surface area (Å²) < 4.78 is 13.0. The van der Waals surface area contributed by atoms with Crippen LogP contribution >= 0.6 is 11.6 Å². The van der Waals surface area contributed by atoms with Gasteiger partial charge in [0.25, 0.3) is 0 Å². The lowest BCUT2D eigenvalue weighted by Gasteiger charge is -2.68. The topological polar surface area (TPSA) is 54.5 Å². The Labute approximate surface area is 191 Å². The molecule has 2 amide bonds. The number of aryl methyl sites for hydroxylation is 2. The molecule has 7 heteroatoms. The van der Waals surface area contributed by atoms with Crippen LogP contribution in [0.5, 0.6) is 0 Å². The van der Waals surface area contributed by atoms with Crippen LogP contribution in [-0.2, 0) is 26.8 Å². The predicted molar refractivity (Wildman–Crippen MR) is 121 cm³/mol. The summed E-state index contributed by atoms with van der Waals surface area (Å²) in [7, 11) is -1.32. The van der Waals surface area contributed by atoms with E-state index in [1.165, 1.54) is 12.5 Å². The third-order valence-electron chi connectivity index (χ3n) is 6.48. The van der Waals surface area contributed by atoms with Gasteiger partial charge in [0, 0.05) is 9.92 Å². The third kappa shape index (κ3) is 3.86. The van der Waals surface area contributed by atoms with Gasteiger partial charge in [-0.05, 0) is 62.4 Å². The second-order valence-electron chi connectivity index (χ2n) is 8.49. The van der Waals surface area contributed by atoms with Crippen molar-refractivity contribution in [2.24, 2.45) is 0 Å². The summed E-state index contributed by atoms with van der Waals surface area (Å²) in [5.41, 5.74) is 2.37. The van der Waals surface area contributed by atoms with Crippen molar-refractivity contribution in [2.75, 3.05) is 6.54 Å². The fourth-order valence-corrected chi connectivity index (χ4v) is 6.49. The molecule has 31 heavy (non-hydrogen) atoms. The first-order valence-electron chi connectivity index (χ1n) is 10.8. The summed E-state index contributed by atoms with van der Waals surface area (Å²) in [5, 5.41) is 1.92. The van der Waals surface area contributed by atoms with Crippen LogP contribution in [0.15, 0.2) is 53.4 Å². The zero-order chi connectivity index (χ0) is 22.2. The van der Waals surface area contributed by atoms with Gasteiger partial charge in [-0.1, -0.05) is 47.9 Å².